The maximum absolute atomic E-state index is 12.6. The van der Waals surface area contributed by atoms with Gasteiger partial charge in [0.2, 0.25) is 0 Å². The molecule has 4 aromatic heterocycles. The van der Waals surface area contributed by atoms with Gasteiger partial charge in [-0.2, -0.15) is 0 Å². The summed E-state index contributed by atoms with van der Waals surface area (Å²) in [4.78, 5) is 18.6. The summed E-state index contributed by atoms with van der Waals surface area (Å²) in [5.74, 6) is 1.51. The lowest BCUT2D eigenvalue weighted by molar-refractivity contribution is 0.610. The van der Waals surface area contributed by atoms with Crippen molar-refractivity contribution in [2.45, 2.75) is 37.2 Å². The van der Waals surface area contributed by atoms with Gasteiger partial charge in [-0.3, -0.25) is 9.20 Å². The topological polar surface area (TPSA) is 65.1 Å². The van der Waals surface area contributed by atoms with Gasteiger partial charge in [-0.15, -0.1) is 21.5 Å². The molecule has 5 rings (SSSR count). The number of fused-ring (bicyclic) bond motifs is 1. The first-order chi connectivity index (χ1) is 16.2. The van der Waals surface area contributed by atoms with Crippen LogP contribution in [0.25, 0.3) is 5.65 Å². The summed E-state index contributed by atoms with van der Waals surface area (Å²) in [5, 5.41) is 11.9. The highest BCUT2D eigenvalue weighted by molar-refractivity contribution is 7.98. The Morgan fingerprint density at radius 2 is 1.88 bits per heavy atom. The van der Waals surface area contributed by atoms with Gasteiger partial charge in [-0.05, 0) is 42.5 Å². The quantitative estimate of drug-likeness (QED) is 0.304. The van der Waals surface area contributed by atoms with Crippen LogP contribution in [-0.4, -0.2) is 24.1 Å². The highest BCUT2D eigenvalue weighted by Gasteiger charge is 2.15. The van der Waals surface area contributed by atoms with Gasteiger partial charge in [0.05, 0.1) is 5.69 Å². The van der Waals surface area contributed by atoms with Crippen LogP contribution in [0.1, 0.15) is 27.7 Å². The lowest BCUT2D eigenvalue weighted by Crippen LogP contribution is -2.17. The second kappa shape index (κ2) is 9.72. The molecule has 0 radical (unpaired) electrons. The number of pyridine rings is 1. The van der Waals surface area contributed by atoms with E-state index in [1.54, 1.807) is 33.6 Å². The SMILES string of the molecule is Cc1cccc2nc(CSc3nnc(Cc4cccs4)n3CCc3ccccc3)cc(=O)n12. The Bertz CT molecular complexity index is 1420. The third kappa shape index (κ3) is 4.91. The number of thiophene rings is 1. The van der Waals surface area contributed by atoms with Crippen molar-refractivity contribution in [1.29, 1.82) is 0 Å². The van der Waals surface area contributed by atoms with E-state index in [4.69, 9.17) is 0 Å². The smallest absolute Gasteiger partial charge is 0.258 e. The van der Waals surface area contributed by atoms with E-state index in [0.29, 0.717) is 11.4 Å². The van der Waals surface area contributed by atoms with E-state index >= 15 is 0 Å². The average Bonchev–Trinajstić information content (AvgIpc) is 3.47. The zero-order chi connectivity index (χ0) is 22.6. The Labute approximate surface area is 200 Å². The summed E-state index contributed by atoms with van der Waals surface area (Å²) in [5.41, 5.74) is 3.51. The first-order valence-electron chi connectivity index (χ1n) is 10.8. The lowest BCUT2D eigenvalue weighted by Gasteiger charge is -2.10. The monoisotopic (exact) mass is 473 g/mol. The van der Waals surface area contributed by atoms with E-state index < -0.39 is 0 Å². The van der Waals surface area contributed by atoms with E-state index in [0.717, 1.165) is 41.8 Å². The molecule has 0 spiro atoms. The molecule has 0 atom stereocenters. The van der Waals surface area contributed by atoms with Crippen LogP contribution < -0.4 is 5.56 Å². The van der Waals surface area contributed by atoms with Gasteiger partial charge in [-0.25, -0.2) is 4.98 Å². The summed E-state index contributed by atoms with van der Waals surface area (Å²) in [6, 6.07) is 22.0. The van der Waals surface area contributed by atoms with Crippen LogP contribution in [-0.2, 0) is 25.1 Å². The van der Waals surface area contributed by atoms with Crippen molar-refractivity contribution in [3.05, 3.63) is 110 Å². The van der Waals surface area contributed by atoms with Gasteiger partial charge >= 0.3 is 0 Å². The molecule has 0 unspecified atom stereocenters. The van der Waals surface area contributed by atoms with Crippen molar-refractivity contribution >= 4 is 28.7 Å². The minimum atomic E-state index is -0.0578. The van der Waals surface area contributed by atoms with Crippen LogP contribution in [0.5, 0.6) is 0 Å². The number of rotatable bonds is 8. The largest absolute Gasteiger partial charge is 0.305 e. The highest BCUT2D eigenvalue weighted by Crippen LogP contribution is 2.24. The van der Waals surface area contributed by atoms with Crippen LogP contribution >= 0.6 is 23.1 Å². The predicted octanol–water partition coefficient (Wildman–Crippen LogP) is 4.78. The maximum atomic E-state index is 12.6. The Morgan fingerprint density at radius 3 is 2.70 bits per heavy atom. The van der Waals surface area contributed by atoms with Crippen molar-refractivity contribution in [2.24, 2.45) is 0 Å². The van der Waals surface area contributed by atoms with Crippen molar-refractivity contribution in [3.8, 4) is 0 Å². The summed E-state index contributed by atoms with van der Waals surface area (Å²) >= 11 is 3.30. The molecular weight excluding hydrogens is 450 g/mol. The molecule has 166 valence electrons. The standard InChI is InChI=1S/C25H23N5OS2/c1-18-7-5-11-22-26-20(15-24(31)30(18)22)17-33-25-28-27-23(16-21-10-6-14-32-21)29(25)13-12-19-8-3-2-4-9-19/h2-11,14-15H,12-13,16-17H2,1H3. The van der Waals surface area contributed by atoms with E-state index in [1.807, 2.05) is 31.2 Å². The minimum Gasteiger partial charge on any atom is -0.305 e. The molecule has 0 amide bonds. The number of aryl methyl sites for hydroxylation is 2. The van der Waals surface area contributed by atoms with E-state index in [2.05, 4.69) is 61.5 Å². The molecule has 0 bridgehead atoms. The molecular formula is C25H23N5OS2. The van der Waals surface area contributed by atoms with Gasteiger partial charge in [-0.1, -0.05) is 54.2 Å². The summed E-state index contributed by atoms with van der Waals surface area (Å²) in [6.45, 7) is 2.71. The van der Waals surface area contributed by atoms with Gasteiger partial charge in [0, 0.05) is 35.4 Å². The van der Waals surface area contributed by atoms with Crippen molar-refractivity contribution in [3.63, 3.8) is 0 Å². The first kappa shape index (κ1) is 21.6. The van der Waals surface area contributed by atoms with Crippen LogP contribution in [0.4, 0.5) is 0 Å². The molecule has 0 saturated heterocycles. The van der Waals surface area contributed by atoms with Crippen LogP contribution in [0.2, 0.25) is 0 Å². The van der Waals surface area contributed by atoms with Crippen LogP contribution in [0.3, 0.4) is 0 Å². The fraction of sp³-hybridized carbons (Fsp3) is 0.200. The summed E-state index contributed by atoms with van der Waals surface area (Å²) in [6.07, 6.45) is 1.66. The van der Waals surface area contributed by atoms with E-state index in [-0.39, 0.29) is 5.56 Å². The number of benzene rings is 1. The highest BCUT2D eigenvalue weighted by atomic mass is 32.2. The Hall–Kier alpha value is -3.23. The fourth-order valence-electron chi connectivity index (χ4n) is 3.81. The van der Waals surface area contributed by atoms with E-state index in [9.17, 15) is 4.79 Å². The molecule has 33 heavy (non-hydrogen) atoms. The Kier molecular flexibility index (Phi) is 6.37. The number of nitrogens with zero attached hydrogens (tertiary/aromatic N) is 5. The molecule has 0 aliphatic carbocycles. The molecule has 1 aromatic carbocycles. The van der Waals surface area contributed by atoms with Crippen molar-refractivity contribution in [1.82, 2.24) is 24.1 Å². The van der Waals surface area contributed by atoms with Crippen LogP contribution in [0.15, 0.2) is 82.1 Å². The second-order valence-corrected chi connectivity index (χ2v) is 9.75. The number of hydrogen-bond donors (Lipinski definition) is 0. The molecule has 0 N–H and O–H groups in total. The molecule has 0 aliphatic heterocycles. The lowest BCUT2D eigenvalue weighted by atomic mass is 10.1. The Morgan fingerprint density at radius 1 is 1.00 bits per heavy atom. The summed E-state index contributed by atoms with van der Waals surface area (Å²) < 4.78 is 3.84. The fourth-order valence-corrected chi connectivity index (χ4v) is 5.39. The molecule has 5 aromatic rings. The molecule has 4 heterocycles. The number of aromatic nitrogens is 5. The maximum Gasteiger partial charge on any atom is 0.258 e. The third-order valence-electron chi connectivity index (χ3n) is 5.46. The predicted molar refractivity (Wildman–Crippen MR) is 133 cm³/mol. The molecule has 0 saturated carbocycles. The zero-order valence-corrected chi connectivity index (χ0v) is 19.9. The van der Waals surface area contributed by atoms with Crippen molar-refractivity contribution < 1.29 is 0 Å². The number of thioether (sulfide) groups is 1. The van der Waals surface area contributed by atoms with Gasteiger partial charge < -0.3 is 4.57 Å². The van der Waals surface area contributed by atoms with Crippen molar-refractivity contribution in [2.75, 3.05) is 0 Å². The van der Waals surface area contributed by atoms with Gasteiger partial charge in [0.1, 0.15) is 11.5 Å². The average molecular weight is 474 g/mol. The number of hydrogen-bond acceptors (Lipinski definition) is 6. The second-order valence-electron chi connectivity index (χ2n) is 7.78. The normalized spacial score (nSPS) is 11.3. The molecule has 6 nitrogen and oxygen atoms in total. The molecule has 0 aliphatic rings. The first-order valence-corrected chi connectivity index (χ1v) is 12.6. The minimum absolute atomic E-state index is 0.0578. The van der Waals surface area contributed by atoms with Gasteiger partial charge in [0.25, 0.3) is 5.56 Å². The zero-order valence-electron chi connectivity index (χ0n) is 18.2. The molecule has 0 fully saturated rings. The van der Waals surface area contributed by atoms with E-state index in [1.165, 1.54) is 10.4 Å². The third-order valence-corrected chi connectivity index (χ3v) is 7.33. The molecule has 8 heteroatoms. The Balaban J connectivity index is 1.39. The summed E-state index contributed by atoms with van der Waals surface area (Å²) in [7, 11) is 0. The van der Waals surface area contributed by atoms with Crippen LogP contribution in [0, 0.1) is 6.92 Å². The van der Waals surface area contributed by atoms with Gasteiger partial charge in [0.15, 0.2) is 5.16 Å².